The maximum atomic E-state index is 12.9. The minimum atomic E-state index is -0.197. The number of aryl methyl sites for hydroxylation is 1. The van der Waals surface area contributed by atoms with Crippen LogP contribution < -0.4 is 5.32 Å². The Labute approximate surface area is 141 Å². The standard InChI is InChI=1S/C18H23FN4O/c1-13-11-20-17(22-13)12-21-18(24)23-8-6-15(7-9-23)10-14-2-4-16(19)5-3-14/h2-5,11,15H,6-10,12H2,1H3,(H,20,22)(H,21,24). The number of benzene rings is 1. The van der Waals surface area contributed by atoms with E-state index in [-0.39, 0.29) is 11.8 Å². The second-order valence-corrected chi connectivity index (χ2v) is 6.43. The summed E-state index contributed by atoms with van der Waals surface area (Å²) in [6.07, 6.45) is 4.65. The molecule has 5 nitrogen and oxygen atoms in total. The highest BCUT2D eigenvalue weighted by molar-refractivity contribution is 5.74. The van der Waals surface area contributed by atoms with Crippen molar-refractivity contribution in [3.63, 3.8) is 0 Å². The number of carbonyl (C=O) groups is 1. The molecule has 2 aromatic rings. The van der Waals surface area contributed by atoms with Crippen LogP contribution >= 0.6 is 0 Å². The van der Waals surface area contributed by atoms with Gasteiger partial charge in [0.15, 0.2) is 0 Å². The van der Waals surface area contributed by atoms with Crippen LogP contribution in [0.3, 0.4) is 0 Å². The number of urea groups is 1. The Morgan fingerprint density at radius 1 is 1.33 bits per heavy atom. The Bertz CT molecular complexity index is 675. The van der Waals surface area contributed by atoms with Crippen molar-refractivity contribution >= 4 is 6.03 Å². The summed E-state index contributed by atoms with van der Waals surface area (Å²) in [5.74, 6) is 1.12. The molecule has 1 aliphatic rings. The maximum absolute atomic E-state index is 12.9. The topological polar surface area (TPSA) is 61.0 Å². The first-order chi connectivity index (χ1) is 11.6. The van der Waals surface area contributed by atoms with E-state index in [4.69, 9.17) is 0 Å². The molecule has 2 amide bonds. The minimum absolute atomic E-state index is 0.0377. The number of likely N-dealkylation sites (tertiary alicyclic amines) is 1. The first-order valence-electron chi connectivity index (χ1n) is 8.38. The summed E-state index contributed by atoms with van der Waals surface area (Å²) in [6, 6.07) is 6.67. The van der Waals surface area contributed by atoms with Gasteiger partial charge in [0.05, 0.1) is 6.54 Å². The van der Waals surface area contributed by atoms with Gasteiger partial charge in [-0.25, -0.2) is 14.2 Å². The molecule has 2 heterocycles. The number of aromatic amines is 1. The summed E-state index contributed by atoms with van der Waals surface area (Å²) in [5.41, 5.74) is 2.15. The third-order valence-electron chi connectivity index (χ3n) is 4.50. The van der Waals surface area contributed by atoms with Gasteiger partial charge in [0, 0.05) is 25.0 Å². The van der Waals surface area contributed by atoms with Crippen LogP contribution in [0, 0.1) is 18.7 Å². The Kier molecular flexibility index (Phi) is 5.13. The van der Waals surface area contributed by atoms with Crippen molar-refractivity contribution in [2.75, 3.05) is 13.1 Å². The van der Waals surface area contributed by atoms with Crippen LogP contribution in [0.5, 0.6) is 0 Å². The predicted molar refractivity (Wildman–Crippen MR) is 90.0 cm³/mol. The molecule has 24 heavy (non-hydrogen) atoms. The molecule has 1 aliphatic heterocycles. The van der Waals surface area contributed by atoms with Gasteiger partial charge in [0.1, 0.15) is 11.6 Å². The number of aromatic nitrogens is 2. The van der Waals surface area contributed by atoms with Crippen molar-refractivity contribution in [2.45, 2.75) is 32.7 Å². The molecule has 3 rings (SSSR count). The molecule has 128 valence electrons. The van der Waals surface area contributed by atoms with Crippen molar-refractivity contribution in [2.24, 2.45) is 5.92 Å². The highest BCUT2D eigenvalue weighted by Crippen LogP contribution is 2.22. The Morgan fingerprint density at radius 3 is 2.67 bits per heavy atom. The fourth-order valence-electron chi connectivity index (χ4n) is 3.12. The Balaban J connectivity index is 1.42. The van der Waals surface area contributed by atoms with Crippen LogP contribution in [0.15, 0.2) is 30.5 Å². The molecular weight excluding hydrogens is 307 g/mol. The number of hydrogen-bond acceptors (Lipinski definition) is 2. The van der Waals surface area contributed by atoms with E-state index in [2.05, 4.69) is 15.3 Å². The van der Waals surface area contributed by atoms with E-state index in [1.165, 1.54) is 12.1 Å². The first kappa shape index (κ1) is 16.5. The highest BCUT2D eigenvalue weighted by atomic mass is 19.1. The number of hydrogen-bond donors (Lipinski definition) is 2. The van der Waals surface area contributed by atoms with Gasteiger partial charge in [-0.3, -0.25) is 0 Å². The maximum Gasteiger partial charge on any atom is 0.317 e. The molecule has 0 atom stereocenters. The molecule has 2 N–H and O–H groups in total. The number of halogens is 1. The predicted octanol–water partition coefficient (Wildman–Crippen LogP) is 3.02. The summed E-state index contributed by atoms with van der Waals surface area (Å²) in [6.45, 7) is 3.87. The molecule has 0 radical (unpaired) electrons. The van der Waals surface area contributed by atoms with Gasteiger partial charge >= 0.3 is 6.03 Å². The number of nitrogens with one attached hydrogen (secondary N) is 2. The number of carbonyl (C=O) groups excluding carboxylic acids is 1. The van der Waals surface area contributed by atoms with Gasteiger partial charge < -0.3 is 15.2 Å². The number of piperidine rings is 1. The number of amides is 2. The van der Waals surface area contributed by atoms with Gasteiger partial charge in [0.25, 0.3) is 0 Å². The average Bonchev–Trinajstić information content (AvgIpc) is 3.01. The molecule has 1 saturated heterocycles. The first-order valence-corrected chi connectivity index (χ1v) is 8.38. The van der Waals surface area contributed by atoms with E-state index >= 15 is 0 Å². The lowest BCUT2D eigenvalue weighted by molar-refractivity contribution is 0.170. The third-order valence-corrected chi connectivity index (χ3v) is 4.50. The molecular formula is C18H23FN4O. The molecule has 1 aromatic heterocycles. The SMILES string of the molecule is Cc1cnc(CNC(=O)N2CCC(Cc3ccc(F)cc3)CC2)[nH]1. The average molecular weight is 330 g/mol. The van der Waals surface area contributed by atoms with Crippen molar-refractivity contribution in [3.8, 4) is 0 Å². The van der Waals surface area contributed by atoms with Crippen LogP contribution in [0.2, 0.25) is 0 Å². The summed E-state index contributed by atoms with van der Waals surface area (Å²) in [5, 5.41) is 2.90. The van der Waals surface area contributed by atoms with Gasteiger partial charge in [-0.05, 0) is 49.8 Å². The molecule has 1 fully saturated rings. The third kappa shape index (κ3) is 4.34. The van der Waals surface area contributed by atoms with E-state index in [0.717, 1.165) is 49.4 Å². The van der Waals surface area contributed by atoms with E-state index in [1.807, 2.05) is 24.0 Å². The van der Waals surface area contributed by atoms with Gasteiger partial charge in [-0.1, -0.05) is 12.1 Å². The monoisotopic (exact) mass is 330 g/mol. The zero-order valence-corrected chi connectivity index (χ0v) is 13.9. The lowest BCUT2D eigenvalue weighted by Gasteiger charge is -2.32. The van der Waals surface area contributed by atoms with Crippen LogP contribution in [-0.4, -0.2) is 34.0 Å². The Hall–Kier alpha value is -2.37. The van der Waals surface area contributed by atoms with Crippen LogP contribution in [0.1, 0.15) is 29.9 Å². The molecule has 0 unspecified atom stereocenters. The molecule has 0 aliphatic carbocycles. The van der Waals surface area contributed by atoms with Gasteiger partial charge in [-0.15, -0.1) is 0 Å². The molecule has 1 aromatic carbocycles. The van der Waals surface area contributed by atoms with Crippen LogP contribution in [-0.2, 0) is 13.0 Å². The molecule has 0 saturated carbocycles. The largest absolute Gasteiger partial charge is 0.345 e. The lowest BCUT2D eigenvalue weighted by atomic mass is 9.90. The summed E-state index contributed by atoms with van der Waals surface area (Å²) in [7, 11) is 0. The summed E-state index contributed by atoms with van der Waals surface area (Å²) in [4.78, 5) is 21.4. The van der Waals surface area contributed by atoms with Gasteiger partial charge in [-0.2, -0.15) is 0 Å². The second-order valence-electron chi connectivity index (χ2n) is 6.43. The fraction of sp³-hybridized carbons (Fsp3) is 0.444. The normalized spacial score (nSPS) is 15.5. The number of nitrogens with zero attached hydrogens (tertiary/aromatic N) is 2. The minimum Gasteiger partial charge on any atom is -0.345 e. The quantitative estimate of drug-likeness (QED) is 0.905. The zero-order valence-electron chi connectivity index (χ0n) is 13.9. The fourth-order valence-corrected chi connectivity index (χ4v) is 3.12. The van der Waals surface area contributed by atoms with Gasteiger partial charge in [0.2, 0.25) is 0 Å². The molecule has 0 bridgehead atoms. The zero-order chi connectivity index (χ0) is 16.9. The number of rotatable bonds is 4. The van der Waals surface area contributed by atoms with Crippen LogP contribution in [0.4, 0.5) is 9.18 Å². The molecule has 0 spiro atoms. The van der Waals surface area contributed by atoms with E-state index < -0.39 is 0 Å². The van der Waals surface area contributed by atoms with E-state index in [1.54, 1.807) is 6.20 Å². The summed E-state index contributed by atoms with van der Waals surface area (Å²) < 4.78 is 12.9. The molecule has 6 heteroatoms. The number of H-pyrrole nitrogens is 1. The summed E-state index contributed by atoms with van der Waals surface area (Å²) >= 11 is 0. The Morgan fingerprint density at radius 2 is 2.04 bits per heavy atom. The highest BCUT2D eigenvalue weighted by Gasteiger charge is 2.22. The van der Waals surface area contributed by atoms with Crippen LogP contribution in [0.25, 0.3) is 0 Å². The second kappa shape index (κ2) is 7.47. The van der Waals surface area contributed by atoms with E-state index in [0.29, 0.717) is 12.5 Å². The van der Waals surface area contributed by atoms with Crippen molar-refractivity contribution in [1.29, 1.82) is 0 Å². The van der Waals surface area contributed by atoms with Crippen molar-refractivity contribution in [3.05, 3.63) is 53.4 Å². The van der Waals surface area contributed by atoms with Crippen molar-refractivity contribution in [1.82, 2.24) is 20.2 Å². The number of imidazole rings is 1. The smallest absolute Gasteiger partial charge is 0.317 e. The van der Waals surface area contributed by atoms with Crippen molar-refractivity contribution < 1.29 is 9.18 Å². The lowest BCUT2D eigenvalue weighted by Crippen LogP contribution is -2.44. The van der Waals surface area contributed by atoms with E-state index in [9.17, 15) is 9.18 Å².